The number of rotatable bonds is 0. The summed E-state index contributed by atoms with van der Waals surface area (Å²) in [5.74, 6) is 1.03. The molecule has 0 amide bonds. The number of hydrogen-bond donors (Lipinski definition) is 1. The van der Waals surface area contributed by atoms with Gasteiger partial charge in [-0.1, -0.05) is 11.6 Å². The molecule has 0 spiro atoms. The van der Waals surface area contributed by atoms with Crippen LogP contribution in [0.4, 0.5) is 0 Å². The zero-order valence-electron chi connectivity index (χ0n) is 5.93. The molecule has 1 unspecified atom stereocenters. The molecule has 0 saturated heterocycles. The van der Waals surface area contributed by atoms with Gasteiger partial charge in [-0.2, -0.15) is 0 Å². The number of fused-ring (bicyclic) bond motifs is 1. The fraction of sp³-hybridized carbons (Fsp3) is 0.375. The predicted molar refractivity (Wildman–Crippen MR) is 43.6 cm³/mol. The summed E-state index contributed by atoms with van der Waals surface area (Å²) in [5.41, 5.74) is 0.502. The van der Waals surface area contributed by atoms with Gasteiger partial charge in [0.15, 0.2) is 0 Å². The van der Waals surface area contributed by atoms with E-state index >= 15 is 0 Å². The second kappa shape index (κ2) is 2.38. The summed E-state index contributed by atoms with van der Waals surface area (Å²) in [5, 5.41) is 8.04. The number of nitrogens with one attached hydrogen (secondary N) is 1. The van der Waals surface area contributed by atoms with Crippen LogP contribution in [0, 0.1) is 11.3 Å². The maximum atomic E-state index is 7.60. The molecule has 0 aromatic heterocycles. The quantitative estimate of drug-likeness (QED) is 0.594. The Labute approximate surface area is 70.0 Å². The minimum atomic E-state index is 0.132. The molecule has 58 valence electrons. The molecule has 3 heteroatoms. The van der Waals surface area contributed by atoms with E-state index in [1.54, 1.807) is 0 Å². The molecule has 1 N–H and O–H groups in total. The maximum absolute atomic E-state index is 7.60. The zero-order valence-corrected chi connectivity index (χ0v) is 6.69. The van der Waals surface area contributed by atoms with E-state index in [4.69, 9.17) is 21.7 Å². The van der Waals surface area contributed by atoms with Crippen LogP contribution >= 0.6 is 11.6 Å². The van der Waals surface area contributed by atoms with Crippen LogP contribution in [0.25, 0.3) is 0 Å². The lowest BCUT2D eigenvalue weighted by Gasteiger charge is -2.19. The van der Waals surface area contributed by atoms with Crippen LogP contribution in [0.3, 0.4) is 0 Å². The Kier molecular flexibility index (Phi) is 1.50. The molecular weight excluding hydrogens is 162 g/mol. The van der Waals surface area contributed by atoms with Crippen LogP contribution in [0.5, 0.6) is 0 Å². The third kappa shape index (κ3) is 0.979. The minimum absolute atomic E-state index is 0.132. The summed E-state index contributed by atoms with van der Waals surface area (Å²) in [6, 6.07) is 0. The van der Waals surface area contributed by atoms with Crippen LogP contribution in [-0.4, -0.2) is 5.71 Å². The van der Waals surface area contributed by atoms with Crippen molar-refractivity contribution in [2.24, 2.45) is 5.92 Å². The molecule has 1 aliphatic carbocycles. The standard InChI is InChI=1S/C8H8ClNO/c9-6-4-11-7-3-1-2-5(7)8(6)10/h3-5,10H,1-2H2. The van der Waals surface area contributed by atoms with E-state index in [2.05, 4.69) is 0 Å². The Morgan fingerprint density at radius 1 is 1.64 bits per heavy atom. The van der Waals surface area contributed by atoms with E-state index in [-0.39, 0.29) is 5.92 Å². The largest absolute Gasteiger partial charge is 0.467 e. The van der Waals surface area contributed by atoms with E-state index in [0.29, 0.717) is 10.7 Å². The van der Waals surface area contributed by atoms with Crippen molar-refractivity contribution < 1.29 is 4.74 Å². The van der Waals surface area contributed by atoms with Gasteiger partial charge in [-0.05, 0) is 18.9 Å². The molecule has 0 saturated carbocycles. The molecule has 2 rings (SSSR count). The molecular formula is C8H8ClNO. The first-order valence-corrected chi connectivity index (χ1v) is 3.98. The van der Waals surface area contributed by atoms with Crippen LogP contribution in [0.15, 0.2) is 23.1 Å². The number of hydrogen-bond acceptors (Lipinski definition) is 2. The van der Waals surface area contributed by atoms with E-state index in [1.165, 1.54) is 6.26 Å². The molecule has 1 atom stereocenters. The van der Waals surface area contributed by atoms with Crippen molar-refractivity contribution in [3.8, 4) is 0 Å². The van der Waals surface area contributed by atoms with Gasteiger partial charge in [-0.25, -0.2) is 0 Å². The fourth-order valence-electron chi connectivity index (χ4n) is 1.44. The van der Waals surface area contributed by atoms with Crippen LogP contribution < -0.4 is 0 Å². The van der Waals surface area contributed by atoms with Crippen molar-refractivity contribution >= 4 is 17.3 Å². The summed E-state index contributed by atoms with van der Waals surface area (Å²) >= 11 is 5.72. The van der Waals surface area contributed by atoms with Crippen molar-refractivity contribution in [2.45, 2.75) is 12.8 Å². The van der Waals surface area contributed by atoms with Gasteiger partial charge in [0, 0.05) is 0 Å². The van der Waals surface area contributed by atoms with Gasteiger partial charge in [0.25, 0.3) is 0 Å². The molecule has 0 aromatic rings. The Bertz CT molecular complexity index is 267. The molecule has 2 aliphatic rings. The normalized spacial score (nSPS) is 28.8. The van der Waals surface area contributed by atoms with Gasteiger partial charge in [-0.3, -0.25) is 0 Å². The molecule has 1 aliphatic heterocycles. The topological polar surface area (TPSA) is 33.1 Å². The highest BCUT2D eigenvalue weighted by atomic mass is 35.5. The summed E-state index contributed by atoms with van der Waals surface area (Å²) in [6.07, 6.45) is 5.44. The summed E-state index contributed by atoms with van der Waals surface area (Å²) in [4.78, 5) is 0. The van der Waals surface area contributed by atoms with Crippen molar-refractivity contribution in [1.29, 1.82) is 5.41 Å². The zero-order chi connectivity index (χ0) is 7.84. The molecule has 2 nitrogen and oxygen atoms in total. The lowest BCUT2D eigenvalue weighted by atomic mass is 10.00. The molecule has 0 aromatic carbocycles. The SMILES string of the molecule is N=C1C(Cl)=COC2=CCCC12. The van der Waals surface area contributed by atoms with Crippen LogP contribution in [0.2, 0.25) is 0 Å². The maximum Gasteiger partial charge on any atom is 0.111 e. The van der Waals surface area contributed by atoms with Crippen molar-refractivity contribution in [1.82, 2.24) is 0 Å². The average Bonchev–Trinajstić information content (AvgIpc) is 2.45. The van der Waals surface area contributed by atoms with E-state index in [0.717, 1.165) is 18.6 Å². The van der Waals surface area contributed by atoms with Gasteiger partial charge in [0.2, 0.25) is 0 Å². The Hall–Kier alpha value is -0.760. The van der Waals surface area contributed by atoms with Gasteiger partial charge in [-0.15, -0.1) is 0 Å². The first-order valence-electron chi connectivity index (χ1n) is 3.60. The molecule has 0 radical (unpaired) electrons. The lowest BCUT2D eigenvalue weighted by Crippen LogP contribution is -2.18. The predicted octanol–water partition coefficient (Wildman–Crippen LogP) is 2.41. The Morgan fingerprint density at radius 2 is 2.45 bits per heavy atom. The molecule has 1 heterocycles. The first kappa shape index (κ1) is 6.92. The highest BCUT2D eigenvalue weighted by Gasteiger charge is 2.29. The van der Waals surface area contributed by atoms with Gasteiger partial charge in [0.1, 0.15) is 12.0 Å². The second-order valence-corrected chi connectivity index (χ2v) is 3.14. The number of allylic oxidation sites excluding steroid dienone is 3. The lowest BCUT2D eigenvalue weighted by molar-refractivity contribution is 0.313. The van der Waals surface area contributed by atoms with Crippen molar-refractivity contribution in [2.75, 3.05) is 0 Å². The first-order chi connectivity index (χ1) is 5.29. The number of halogens is 1. The highest BCUT2D eigenvalue weighted by molar-refractivity contribution is 6.43. The van der Waals surface area contributed by atoms with Gasteiger partial charge >= 0.3 is 0 Å². The molecule has 0 bridgehead atoms. The van der Waals surface area contributed by atoms with Crippen LogP contribution in [0.1, 0.15) is 12.8 Å². The van der Waals surface area contributed by atoms with Crippen molar-refractivity contribution in [3.63, 3.8) is 0 Å². The van der Waals surface area contributed by atoms with Crippen LogP contribution in [-0.2, 0) is 4.74 Å². The van der Waals surface area contributed by atoms with Gasteiger partial charge < -0.3 is 10.1 Å². The third-order valence-corrected chi connectivity index (χ3v) is 2.34. The Balaban J connectivity index is 2.34. The minimum Gasteiger partial charge on any atom is -0.467 e. The summed E-state index contributed by atoms with van der Waals surface area (Å²) < 4.78 is 5.21. The second-order valence-electron chi connectivity index (χ2n) is 2.73. The third-order valence-electron chi connectivity index (χ3n) is 2.05. The summed E-state index contributed by atoms with van der Waals surface area (Å²) in [7, 11) is 0. The average molecular weight is 170 g/mol. The Morgan fingerprint density at radius 3 is 3.27 bits per heavy atom. The fourth-order valence-corrected chi connectivity index (χ4v) is 1.62. The molecule has 11 heavy (non-hydrogen) atoms. The van der Waals surface area contributed by atoms with E-state index < -0.39 is 0 Å². The highest BCUT2D eigenvalue weighted by Crippen LogP contribution is 2.34. The van der Waals surface area contributed by atoms with E-state index in [1.807, 2.05) is 6.08 Å². The number of ether oxygens (including phenoxy) is 1. The monoisotopic (exact) mass is 169 g/mol. The van der Waals surface area contributed by atoms with E-state index in [9.17, 15) is 0 Å². The summed E-state index contributed by atoms with van der Waals surface area (Å²) in [6.45, 7) is 0. The van der Waals surface area contributed by atoms with Gasteiger partial charge in [0.05, 0.1) is 16.7 Å². The van der Waals surface area contributed by atoms with Crippen molar-refractivity contribution in [3.05, 3.63) is 23.1 Å². The smallest absolute Gasteiger partial charge is 0.111 e. The molecule has 0 fully saturated rings.